The highest BCUT2D eigenvalue weighted by atomic mass is 35.5. The number of ether oxygens (including phenoxy) is 2. The van der Waals surface area contributed by atoms with Gasteiger partial charge in [0.25, 0.3) is 11.8 Å². The van der Waals surface area contributed by atoms with Gasteiger partial charge in [-0.15, -0.1) is 0 Å². The minimum absolute atomic E-state index is 0.0435. The molecule has 3 aliphatic rings. The Kier molecular flexibility index (Phi) is 5.88. The summed E-state index contributed by atoms with van der Waals surface area (Å²) in [4.78, 5) is 41.5. The van der Waals surface area contributed by atoms with Gasteiger partial charge < -0.3 is 24.3 Å². The molecule has 1 fully saturated rings. The van der Waals surface area contributed by atoms with E-state index in [0.29, 0.717) is 32.6 Å². The maximum Gasteiger partial charge on any atom is 0.275 e. The number of carbonyl (C=O) groups is 2. The second-order valence-corrected chi connectivity index (χ2v) is 9.11. The van der Waals surface area contributed by atoms with Crippen LogP contribution in [0, 0.1) is 11.6 Å². The van der Waals surface area contributed by atoms with Crippen LogP contribution in [0.5, 0.6) is 5.75 Å². The number of benzene rings is 1. The van der Waals surface area contributed by atoms with E-state index in [2.05, 4.69) is 5.32 Å². The second kappa shape index (κ2) is 8.76. The van der Waals surface area contributed by atoms with E-state index in [1.54, 1.807) is 9.47 Å². The van der Waals surface area contributed by atoms with Crippen LogP contribution in [0.3, 0.4) is 0 Å². The Morgan fingerprint density at radius 2 is 2.11 bits per heavy atom. The van der Waals surface area contributed by atoms with Crippen LogP contribution >= 0.6 is 11.6 Å². The SMILES string of the molecule is COc1c2n(cc(C(=O)NCc3ccc(F)c(Cl)c3F)c1=O)[C@H]1CCOC[C@]13CC=CCN3C2=O. The first-order valence-electron chi connectivity index (χ1n) is 11.1. The molecule has 2 aromatic rings. The number of aromatic nitrogens is 1. The maximum absolute atomic E-state index is 14.3. The number of hydrogen-bond acceptors (Lipinski definition) is 5. The van der Waals surface area contributed by atoms with E-state index in [0.717, 1.165) is 12.1 Å². The predicted molar refractivity (Wildman–Crippen MR) is 122 cm³/mol. The molecule has 3 aliphatic heterocycles. The molecule has 0 unspecified atom stereocenters. The Bertz CT molecular complexity index is 1330. The van der Waals surface area contributed by atoms with Crippen molar-refractivity contribution in [3.63, 3.8) is 0 Å². The maximum atomic E-state index is 14.3. The number of amides is 2. The fourth-order valence-corrected chi connectivity index (χ4v) is 5.40. The van der Waals surface area contributed by atoms with Gasteiger partial charge in [0.1, 0.15) is 22.2 Å². The lowest BCUT2D eigenvalue weighted by Crippen LogP contribution is -2.66. The molecule has 8 nitrogen and oxygen atoms in total. The normalized spacial score (nSPS) is 22.8. The molecule has 1 aromatic heterocycles. The van der Waals surface area contributed by atoms with E-state index in [-0.39, 0.29) is 41.1 Å². The summed E-state index contributed by atoms with van der Waals surface area (Å²) >= 11 is 5.61. The molecular formula is C24H22ClF2N3O5. The number of hydrogen-bond donors (Lipinski definition) is 1. The van der Waals surface area contributed by atoms with Crippen molar-refractivity contribution in [2.45, 2.75) is 31.0 Å². The number of nitrogens with zero attached hydrogens (tertiary/aromatic N) is 2. The highest BCUT2D eigenvalue weighted by molar-refractivity contribution is 6.30. The molecule has 11 heteroatoms. The standard InChI is InChI=1S/C24H22ClF2N3O5/c1-34-21-19-23(33)30-8-3-2-7-24(30)12-35-9-6-16(24)29(19)11-14(20(21)31)22(32)28-10-13-4-5-15(26)17(25)18(13)27/h2-5,11,16H,6-10,12H2,1H3,(H,28,32)/t16-,24+/m0/s1. The van der Waals surface area contributed by atoms with Crippen LogP contribution in [0.25, 0.3) is 0 Å². The number of rotatable bonds is 4. The molecular weight excluding hydrogens is 484 g/mol. The molecule has 2 atom stereocenters. The average molecular weight is 506 g/mol. The summed E-state index contributed by atoms with van der Waals surface area (Å²) in [5, 5.41) is 1.80. The van der Waals surface area contributed by atoms with Crippen molar-refractivity contribution >= 4 is 23.4 Å². The van der Waals surface area contributed by atoms with E-state index in [1.807, 2.05) is 12.2 Å². The van der Waals surface area contributed by atoms with Gasteiger partial charge in [-0.25, -0.2) is 8.78 Å². The summed E-state index contributed by atoms with van der Waals surface area (Å²) in [6.45, 7) is 0.836. The summed E-state index contributed by atoms with van der Waals surface area (Å²) in [6, 6.07) is 1.90. The van der Waals surface area contributed by atoms with Crippen LogP contribution in [-0.4, -0.2) is 53.7 Å². The minimum Gasteiger partial charge on any atom is -0.491 e. The van der Waals surface area contributed by atoms with Crippen LogP contribution in [-0.2, 0) is 11.3 Å². The first-order valence-corrected chi connectivity index (χ1v) is 11.5. The number of pyridine rings is 1. The van der Waals surface area contributed by atoms with Gasteiger partial charge in [0, 0.05) is 31.5 Å². The minimum atomic E-state index is -0.994. The molecule has 0 saturated carbocycles. The molecule has 0 bridgehead atoms. The average Bonchev–Trinajstić information content (AvgIpc) is 2.86. The fraction of sp³-hybridized carbons (Fsp3) is 0.375. The largest absolute Gasteiger partial charge is 0.491 e. The molecule has 35 heavy (non-hydrogen) atoms. The zero-order chi connectivity index (χ0) is 24.9. The van der Waals surface area contributed by atoms with Crippen molar-refractivity contribution in [2.75, 3.05) is 26.9 Å². The molecule has 0 radical (unpaired) electrons. The van der Waals surface area contributed by atoms with E-state index in [4.69, 9.17) is 21.1 Å². The highest BCUT2D eigenvalue weighted by Crippen LogP contribution is 2.46. The van der Waals surface area contributed by atoms with Crippen LogP contribution in [0.4, 0.5) is 8.78 Å². The molecule has 1 aromatic carbocycles. The van der Waals surface area contributed by atoms with Crippen molar-refractivity contribution in [2.24, 2.45) is 0 Å². The third-order valence-corrected chi connectivity index (χ3v) is 7.30. The smallest absolute Gasteiger partial charge is 0.275 e. The zero-order valence-corrected chi connectivity index (χ0v) is 19.5. The van der Waals surface area contributed by atoms with Crippen molar-refractivity contribution in [3.8, 4) is 5.75 Å². The summed E-state index contributed by atoms with van der Waals surface area (Å²) in [5.41, 5.74) is -1.61. The van der Waals surface area contributed by atoms with Gasteiger partial charge in [-0.05, 0) is 18.9 Å². The zero-order valence-electron chi connectivity index (χ0n) is 18.8. The van der Waals surface area contributed by atoms with Crippen molar-refractivity contribution in [1.82, 2.24) is 14.8 Å². The van der Waals surface area contributed by atoms with Crippen LogP contribution in [0.2, 0.25) is 5.02 Å². The predicted octanol–water partition coefficient (Wildman–Crippen LogP) is 2.83. The monoisotopic (exact) mass is 505 g/mol. The van der Waals surface area contributed by atoms with Crippen molar-refractivity contribution in [3.05, 3.63) is 74.2 Å². The number of fused-ring (bicyclic) bond motifs is 2. The second-order valence-electron chi connectivity index (χ2n) is 8.73. The molecule has 1 N–H and O–H groups in total. The number of nitrogens with one attached hydrogen (secondary N) is 1. The first-order chi connectivity index (χ1) is 16.8. The molecule has 1 saturated heterocycles. The van der Waals surface area contributed by atoms with Gasteiger partial charge >= 0.3 is 0 Å². The Morgan fingerprint density at radius 3 is 2.89 bits per heavy atom. The topological polar surface area (TPSA) is 89.9 Å². The summed E-state index contributed by atoms with van der Waals surface area (Å²) in [5.74, 6) is -3.30. The van der Waals surface area contributed by atoms with Crippen LogP contribution in [0.1, 0.15) is 45.3 Å². The molecule has 2 amide bonds. The molecule has 184 valence electrons. The van der Waals surface area contributed by atoms with Gasteiger partial charge in [0.05, 0.1) is 25.3 Å². The lowest BCUT2D eigenvalue weighted by Gasteiger charge is -2.55. The Balaban J connectivity index is 1.55. The summed E-state index contributed by atoms with van der Waals surface area (Å²) < 4.78 is 40.5. The van der Waals surface area contributed by atoms with Crippen molar-refractivity contribution in [1.29, 1.82) is 0 Å². The third kappa shape index (κ3) is 3.54. The highest BCUT2D eigenvalue weighted by Gasteiger charge is 2.54. The molecule has 5 rings (SSSR count). The summed E-state index contributed by atoms with van der Waals surface area (Å²) in [6.07, 6.45) is 6.42. The molecule has 1 spiro atoms. The first kappa shape index (κ1) is 23.5. The number of methoxy groups -OCH3 is 1. The van der Waals surface area contributed by atoms with Crippen LogP contribution < -0.4 is 15.5 Å². The Hall–Kier alpha value is -3.24. The molecule has 4 heterocycles. The number of carbonyl (C=O) groups excluding carboxylic acids is 2. The van der Waals surface area contributed by atoms with Gasteiger partial charge in [-0.1, -0.05) is 29.8 Å². The Morgan fingerprint density at radius 1 is 1.31 bits per heavy atom. The van der Waals surface area contributed by atoms with E-state index in [1.165, 1.54) is 13.3 Å². The number of halogens is 3. The lowest BCUT2D eigenvalue weighted by atomic mass is 9.77. The molecule has 0 aliphatic carbocycles. The van der Waals surface area contributed by atoms with Crippen LogP contribution in [0.15, 0.2) is 35.3 Å². The third-order valence-electron chi connectivity index (χ3n) is 6.95. The van der Waals surface area contributed by atoms with Crippen molar-refractivity contribution < 1.29 is 27.8 Å². The van der Waals surface area contributed by atoms with Gasteiger partial charge in [-0.2, -0.15) is 0 Å². The lowest BCUT2D eigenvalue weighted by molar-refractivity contribution is -0.0774. The van der Waals surface area contributed by atoms with E-state index >= 15 is 0 Å². The summed E-state index contributed by atoms with van der Waals surface area (Å²) in [7, 11) is 1.27. The quantitative estimate of drug-likeness (QED) is 0.510. The van der Waals surface area contributed by atoms with Gasteiger partial charge in [0.15, 0.2) is 11.4 Å². The van der Waals surface area contributed by atoms with Gasteiger partial charge in [-0.3, -0.25) is 14.4 Å². The Labute approximate surface area is 204 Å². The van der Waals surface area contributed by atoms with E-state index in [9.17, 15) is 23.2 Å². The van der Waals surface area contributed by atoms with Gasteiger partial charge in [0.2, 0.25) is 5.43 Å². The fourth-order valence-electron chi connectivity index (χ4n) is 5.22. The van der Waals surface area contributed by atoms with E-state index < -0.39 is 33.5 Å².